The Morgan fingerprint density at radius 3 is 2.48 bits per heavy atom. The van der Waals surface area contributed by atoms with E-state index in [-0.39, 0.29) is 42.0 Å². The lowest BCUT2D eigenvalue weighted by atomic mass is 9.85. The van der Waals surface area contributed by atoms with E-state index < -0.39 is 5.91 Å². The minimum atomic E-state index is -0.408. The molecule has 3 amide bonds. The maximum atomic E-state index is 12.6. The number of hydrogen-bond donors (Lipinski definition) is 1. The molecule has 2 aliphatic carbocycles. The Morgan fingerprint density at radius 1 is 1.24 bits per heavy atom. The van der Waals surface area contributed by atoms with Crippen LogP contribution in [0.1, 0.15) is 25.3 Å². The molecule has 0 radical (unpaired) electrons. The van der Waals surface area contributed by atoms with Gasteiger partial charge in [-0.1, -0.05) is 37.3 Å². The van der Waals surface area contributed by atoms with Crippen molar-refractivity contribution < 1.29 is 14.4 Å². The van der Waals surface area contributed by atoms with Gasteiger partial charge >= 0.3 is 0 Å². The van der Waals surface area contributed by atoms with E-state index in [1.54, 1.807) is 0 Å². The van der Waals surface area contributed by atoms with Crippen LogP contribution in [0.5, 0.6) is 0 Å². The Hall–Kier alpha value is -2.09. The van der Waals surface area contributed by atoms with Gasteiger partial charge in [0, 0.05) is 6.42 Å². The highest BCUT2D eigenvalue weighted by atomic mass is 32.1. The third kappa shape index (κ3) is 2.78. The number of imide groups is 1. The van der Waals surface area contributed by atoms with Crippen molar-refractivity contribution in [3.63, 3.8) is 0 Å². The number of fused-ring (bicyclic) bond motifs is 5. The van der Waals surface area contributed by atoms with E-state index in [0.717, 1.165) is 22.7 Å². The molecule has 4 atom stereocenters. The predicted octanol–water partition coefficient (Wildman–Crippen LogP) is 1.48. The summed E-state index contributed by atoms with van der Waals surface area (Å²) in [4.78, 5) is 38.5. The highest BCUT2D eigenvalue weighted by molar-refractivity contribution is 7.15. The van der Waals surface area contributed by atoms with Crippen LogP contribution in [0.2, 0.25) is 0 Å². The molecule has 1 aromatic heterocycles. The van der Waals surface area contributed by atoms with Crippen LogP contribution in [0.25, 0.3) is 0 Å². The number of aromatic nitrogens is 2. The summed E-state index contributed by atoms with van der Waals surface area (Å²) >= 11 is 1.32. The molecule has 3 aliphatic rings. The van der Waals surface area contributed by atoms with Gasteiger partial charge < -0.3 is 0 Å². The Balaban J connectivity index is 1.39. The zero-order valence-electron chi connectivity index (χ0n) is 14.1. The van der Waals surface area contributed by atoms with Gasteiger partial charge in [-0.3, -0.25) is 24.6 Å². The fourth-order valence-corrected chi connectivity index (χ4v) is 5.13. The van der Waals surface area contributed by atoms with Crippen molar-refractivity contribution >= 4 is 34.2 Å². The molecule has 4 rings (SSSR count). The molecule has 4 unspecified atom stereocenters. The van der Waals surface area contributed by atoms with Crippen molar-refractivity contribution in [2.75, 3.05) is 11.9 Å². The number of hydrogen-bond acceptors (Lipinski definition) is 6. The molecular weight excluding hydrogens is 340 g/mol. The van der Waals surface area contributed by atoms with Gasteiger partial charge in [0.05, 0.1) is 11.8 Å². The number of amides is 3. The van der Waals surface area contributed by atoms with Crippen LogP contribution in [0.3, 0.4) is 0 Å². The second-order valence-electron chi connectivity index (χ2n) is 7.41. The van der Waals surface area contributed by atoms with Crippen LogP contribution in [-0.4, -0.2) is 39.4 Å². The quantitative estimate of drug-likeness (QED) is 0.634. The first kappa shape index (κ1) is 16.4. The molecule has 2 fully saturated rings. The number of allylic oxidation sites excluding steroid dienone is 2. The minimum Gasteiger partial charge on any atom is -0.299 e. The molecule has 0 aromatic carbocycles. The van der Waals surface area contributed by atoms with Crippen LogP contribution >= 0.6 is 11.3 Å². The number of rotatable bonds is 5. The van der Waals surface area contributed by atoms with Crippen LogP contribution < -0.4 is 5.32 Å². The first-order valence-electron chi connectivity index (χ1n) is 8.60. The molecule has 8 heteroatoms. The molecule has 0 spiro atoms. The van der Waals surface area contributed by atoms with Gasteiger partial charge in [-0.05, 0) is 24.2 Å². The summed E-state index contributed by atoms with van der Waals surface area (Å²) in [5.74, 6) is -0.597. The molecule has 7 nitrogen and oxygen atoms in total. The van der Waals surface area contributed by atoms with E-state index in [2.05, 4.69) is 29.4 Å². The van der Waals surface area contributed by atoms with Gasteiger partial charge in [-0.15, -0.1) is 10.2 Å². The average Bonchev–Trinajstić information content (AvgIpc) is 3.29. The van der Waals surface area contributed by atoms with Gasteiger partial charge in [0.15, 0.2) is 0 Å². The number of carbonyl (C=O) groups is 3. The Kier molecular flexibility index (Phi) is 3.94. The van der Waals surface area contributed by atoms with E-state index in [4.69, 9.17) is 0 Å². The molecular formula is C17H20N4O3S. The lowest BCUT2D eigenvalue weighted by molar-refractivity contribution is -0.143. The molecule has 1 saturated carbocycles. The SMILES string of the molecule is CC(C)Cc1nnc(NC(=O)CN2C(=O)C3C4C=CC(C4)C3C2=O)s1. The Morgan fingerprint density at radius 2 is 1.88 bits per heavy atom. The molecule has 132 valence electrons. The monoisotopic (exact) mass is 360 g/mol. The highest BCUT2D eigenvalue weighted by Crippen LogP contribution is 2.52. The van der Waals surface area contributed by atoms with Crippen molar-refractivity contribution in [2.45, 2.75) is 26.7 Å². The zero-order valence-corrected chi connectivity index (χ0v) is 15.0. The Bertz CT molecular complexity index is 742. The summed E-state index contributed by atoms with van der Waals surface area (Å²) in [6.07, 6.45) is 5.77. The summed E-state index contributed by atoms with van der Waals surface area (Å²) in [5.41, 5.74) is 0. The lowest BCUT2D eigenvalue weighted by Gasteiger charge is -2.16. The van der Waals surface area contributed by atoms with Gasteiger partial charge in [0.1, 0.15) is 11.6 Å². The maximum absolute atomic E-state index is 12.6. The highest BCUT2D eigenvalue weighted by Gasteiger charge is 2.59. The van der Waals surface area contributed by atoms with E-state index in [1.807, 2.05) is 12.2 Å². The van der Waals surface area contributed by atoms with Crippen molar-refractivity contribution in [3.05, 3.63) is 17.2 Å². The number of nitrogens with one attached hydrogen (secondary N) is 1. The molecule has 1 saturated heterocycles. The molecule has 1 N–H and O–H groups in total. The average molecular weight is 360 g/mol. The number of nitrogens with zero attached hydrogens (tertiary/aromatic N) is 3. The van der Waals surface area contributed by atoms with Crippen LogP contribution in [0.15, 0.2) is 12.2 Å². The zero-order chi connectivity index (χ0) is 17.7. The molecule has 2 heterocycles. The Labute approximate surface area is 149 Å². The van der Waals surface area contributed by atoms with Gasteiger partial charge in [-0.2, -0.15) is 0 Å². The smallest absolute Gasteiger partial charge is 0.246 e. The third-order valence-corrected chi connectivity index (χ3v) is 6.02. The van der Waals surface area contributed by atoms with Crippen LogP contribution in [0, 0.1) is 29.6 Å². The van der Waals surface area contributed by atoms with E-state index in [1.165, 1.54) is 11.3 Å². The largest absolute Gasteiger partial charge is 0.299 e. The summed E-state index contributed by atoms with van der Waals surface area (Å²) in [6.45, 7) is 3.93. The fraction of sp³-hybridized carbons (Fsp3) is 0.588. The second-order valence-corrected chi connectivity index (χ2v) is 8.47. The molecule has 25 heavy (non-hydrogen) atoms. The maximum Gasteiger partial charge on any atom is 0.246 e. The van der Waals surface area contributed by atoms with E-state index in [0.29, 0.717) is 11.0 Å². The van der Waals surface area contributed by atoms with Crippen LogP contribution in [0.4, 0.5) is 5.13 Å². The first-order valence-corrected chi connectivity index (χ1v) is 9.41. The summed E-state index contributed by atoms with van der Waals surface area (Å²) in [5, 5.41) is 11.9. The van der Waals surface area contributed by atoms with E-state index >= 15 is 0 Å². The fourth-order valence-electron chi connectivity index (χ4n) is 4.16. The predicted molar refractivity (Wildman–Crippen MR) is 91.5 cm³/mol. The van der Waals surface area contributed by atoms with Crippen molar-refractivity contribution in [2.24, 2.45) is 29.6 Å². The van der Waals surface area contributed by atoms with Gasteiger partial charge in [0.25, 0.3) is 0 Å². The summed E-state index contributed by atoms with van der Waals surface area (Å²) < 4.78 is 0. The molecule has 1 aliphatic heterocycles. The van der Waals surface area contributed by atoms with Crippen molar-refractivity contribution in [1.29, 1.82) is 0 Å². The standard InChI is InChI=1S/C17H20N4O3S/c1-8(2)5-12-19-20-17(25-12)18-11(22)7-21-15(23)13-9-3-4-10(6-9)14(13)16(21)24/h3-4,8-10,13-14H,5-7H2,1-2H3,(H,18,20,22). The van der Waals surface area contributed by atoms with E-state index in [9.17, 15) is 14.4 Å². The minimum absolute atomic E-state index is 0.154. The van der Waals surface area contributed by atoms with Crippen molar-refractivity contribution in [3.8, 4) is 0 Å². The second kappa shape index (κ2) is 6.01. The molecule has 1 aromatic rings. The summed E-state index contributed by atoms with van der Waals surface area (Å²) in [6, 6.07) is 0. The normalized spacial score (nSPS) is 29.8. The van der Waals surface area contributed by atoms with Crippen molar-refractivity contribution in [1.82, 2.24) is 15.1 Å². The van der Waals surface area contributed by atoms with Gasteiger partial charge in [0.2, 0.25) is 22.9 Å². The summed E-state index contributed by atoms with van der Waals surface area (Å²) in [7, 11) is 0. The third-order valence-electron chi connectivity index (χ3n) is 5.16. The number of carbonyl (C=O) groups excluding carboxylic acids is 3. The topological polar surface area (TPSA) is 92.3 Å². The van der Waals surface area contributed by atoms with Gasteiger partial charge in [-0.25, -0.2) is 0 Å². The number of likely N-dealkylation sites (tertiary alicyclic amines) is 1. The molecule has 2 bridgehead atoms. The first-order chi connectivity index (χ1) is 11.9. The lowest BCUT2D eigenvalue weighted by Crippen LogP contribution is -2.39. The number of anilines is 1. The van der Waals surface area contributed by atoms with Crippen LogP contribution in [-0.2, 0) is 20.8 Å².